The van der Waals surface area contributed by atoms with Crippen LogP contribution in [0.25, 0.3) is 10.9 Å². The molecule has 2 aromatic heterocycles. The molecule has 0 aliphatic carbocycles. The Hall–Kier alpha value is -2.95. The lowest BCUT2D eigenvalue weighted by Gasteiger charge is -2.04. The molecule has 0 aliphatic heterocycles. The number of nitrogens with one attached hydrogen (secondary N) is 1. The van der Waals surface area contributed by atoms with Gasteiger partial charge >= 0.3 is 5.97 Å². The van der Waals surface area contributed by atoms with Crippen LogP contribution in [0.4, 0.5) is 0 Å². The van der Waals surface area contributed by atoms with E-state index in [9.17, 15) is 9.59 Å². The van der Waals surface area contributed by atoms with Gasteiger partial charge in [0.05, 0.1) is 5.56 Å². The van der Waals surface area contributed by atoms with Crippen molar-refractivity contribution in [3.8, 4) is 0 Å². The zero-order valence-corrected chi connectivity index (χ0v) is 12.0. The Balaban J connectivity index is 1.77. The highest BCUT2D eigenvalue weighted by molar-refractivity contribution is 6.10. The highest BCUT2D eigenvalue weighted by atomic mass is 16.5. The average Bonchev–Trinajstić information content (AvgIpc) is 2.89. The molecule has 3 aromatic rings. The van der Waals surface area contributed by atoms with Crippen LogP contribution >= 0.6 is 0 Å². The fraction of sp³-hybridized carbons (Fsp3) is 0.118. The summed E-state index contributed by atoms with van der Waals surface area (Å²) >= 11 is 0. The average molecular weight is 294 g/mol. The number of carbonyl (C=O) groups is 2. The van der Waals surface area contributed by atoms with Crippen LogP contribution in [-0.2, 0) is 4.74 Å². The summed E-state index contributed by atoms with van der Waals surface area (Å²) in [7, 11) is 0. The second-order valence-electron chi connectivity index (χ2n) is 4.91. The molecule has 3 rings (SSSR count). The molecule has 0 aliphatic rings. The topological polar surface area (TPSA) is 72.1 Å². The van der Waals surface area contributed by atoms with E-state index in [-0.39, 0.29) is 12.4 Å². The summed E-state index contributed by atoms with van der Waals surface area (Å²) in [5, 5.41) is 0.838. The monoisotopic (exact) mass is 294 g/mol. The molecule has 1 N–H and O–H groups in total. The fourth-order valence-electron chi connectivity index (χ4n) is 2.41. The van der Waals surface area contributed by atoms with E-state index in [4.69, 9.17) is 4.74 Å². The molecule has 0 amide bonds. The van der Waals surface area contributed by atoms with E-state index >= 15 is 0 Å². The second kappa shape index (κ2) is 5.81. The summed E-state index contributed by atoms with van der Waals surface area (Å²) in [5.41, 5.74) is 2.60. The van der Waals surface area contributed by atoms with Crippen LogP contribution in [0.1, 0.15) is 26.4 Å². The van der Waals surface area contributed by atoms with Crippen molar-refractivity contribution in [2.75, 3.05) is 6.61 Å². The van der Waals surface area contributed by atoms with Crippen molar-refractivity contribution in [2.45, 2.75) is 6.92 Å². The van der Waals surface area contributed by atoms with Gasteiger partial charge in [-0.15, -0.1) is 0 Å². The van der Waals surface area contributed by atoms with Gasteiger partial charge in [-0.2, -0.15) is 0 Å². The largest absolute Gasteiger partial charge is 0.454 e. The maximum absolute atomic E-state index is 12.4. The van der Waals surface area contributed by atoms with Crippen LogP contribution in [-0.4, -0.2) is 28.3 Å². The highest BCUT2D eigenvalue weighted by Gasteiger charge is 2.17. The molecule has 0 bridgehead atoms. The zero-order chi connectivity index (χ0) is 15.5. The van der Waals surface area contributed by atoms with Crippen molar-refractivity contribution in [1.82, 2.24) is 9.97 Å². The van der Waals surface area contributed by atoms with Gasteiger partial charge in [-0.05, 0) is 25.1 Å². The van der Waals surface area contributed by atoms with Gasteiger partial charge in [0.15, 0.2) is 6.61 Å². The number of hydrogen-bond acceptors (Lipinski definition) is 4. The number of rotatable bonds is 4. The van der Waals surface area contributed by atoms with Crippen molar-refractivity contribution >= 4 is 22.7 Å². The molecular weight excluding hydrogens is 280 g/mol. The molecule has 5 nitrogen and oxygen atoms in total. The Morgan fingerprint density at radius 1 is 1.14 bits per heavy atom. The van der Waals surface area contributed by atoms with E-state index in [1.165, 1.54) is 12.4 Å². The van der Waals surface area contributed by atoms with E-state index in [0.29, 0.717) is 11.1 Å². The number of fused-ring (bicyclic) bond motifs is 1. The SMILES string of the molecule is Cc1[nH]c2ccccc2c1C(=O)COC(=O)c1ccncc1. The third-order valence-electron chi connectivity index (χ3n) is 3.42. The number of esters is 1. The van der Waals surface area contributed by atoms with E-state index < -0.39 is 5.97 Å². The molecule has 2 heterocycles. The molecule has 1 aromatic carbocycles. The normalized spacial score (nSPS) is 10.6. The molecular formula is C17H14N2O3. The number of Topliss-reactive ketones (excluding diaryl/α,β-unsaturated/α-hetero) is 1. The maximum Gasteiger partial charge on any atom is 0.338 e. The van der Waals surface area contributed by atoms with E-state index in [1.807, 2.05) is 31.2 Å². The van der Waals surface area contributed by atoms with Crippen LogP contribution in [0.5, 0.6) is 0 Å². The van der Waals surface area contributed by atoms with Gasteiger partial charge in [0.2, 0.25) is 5.78 Å². The Morgan fingerprint density at radius 2 is 1.86 bits per heavy atom. The van der Waals surface area contributed by atoms with Gasteiger partial charge in [0.1, 0.15) is 0 Å². The molecule has 0 fully saturated rings. The number of para-hydroxylation sites is 1. The number of ether oxygens (including phenoxy) is 1. The first-order valence-corrected chi connectivity index (χ1v) is 6.84. The maximum atomic E-state index is 12.4. The summed E-state index contributed by atoms with van der Waals surface area (Å²) < 4.78 is 5.09. The van der Waals surface area contributed by atoms with Gasteiger partial charge in [0, 0.05) is 34.6 Å². The van der Waals surface area contributed by atoms with Crippen molar-refractivity contribution < 1.29 is 14.3 Å². The molecule has 0 saturated carbocycles. The number of carbonyl (C=O) groups excluding carboxylic acids is 2. The lowest BCUT2D eigenvalue weighted by atomic mass is 10.1. The minimum atomic E-state index is -0.534. The Morgan fingerprint density at radius 3 is 2.64 bits per heavy atom. The molecule has 0 spiro atoms. The van der Waals surface area contributed by atoms with E-state index in [2.05, 4.69) is 9.97 Å². The van der Waals surface area contributed by atoms with E-state index in [1.54, 1.807) is 12.1 Å². The van der Waals surface area contributed by atoms with Crippen LogP contribution in [0, 0.1) is 6.92 Å². The standard InChI is InChI=1S/C17H14N2O3/c1-11-16(13-4-2-3-5-14(13)19-11)15(20)10-22-17(21)12-6-8-18-9-7-12/h2-9,19H,10H2,1H3. The van der Waals surface area contributed by atoms with Gasteiger partial charge in [-0.3, -0.25) is 9.78 Å². The number of nitrogens with zero attached hydrogens (tertiary/aromatic N) is 1. The second-order valence-corrected chi connectivity index (χ2v) is 4.91. The Labute approximate surface area is 126 Å². The van der Waals surface area contributed by atoms with Crippen molar-refractivity contribution in [3.05, 3.63) is 65.6 Å². The first-order chi connectivity index (χ1) is 10.7. The number of hydrogen-bond donors (Lipinski definition) is 1. The number of aromatic amines is 1. The molecule has 0 saturated heterocycles. The molecule has 22 heavy (non-hydrogen) atoms. The van der Waals surface area contributed by atoms with Gasteiger partial charge in [-0.1, -0.05) is 18.2 Å². The quantitative estimate of drug-likeness (QED) is 0.593. The molecule has 5 heteroatoms. The van der Waals surface area contributed by atoms with Gasteiger partial charge < -0.3 is 9.72 Å². The number of aryl methyl sites for hydroxylation is 1. The lowest BCUT2D eigenvalue weighted by molar-refractivity contribution is 0.0475. The van der Waals surface area contributed by atoms with E-state index in [0.717, 1.165) is 16.6 Å². The number of H-pyrrole nitrogens is 1. The number of benzene rings is 1. The summed E-state index contributed by atoms with van der Waals surface area (Å²) in [4.78, 5) is 31.2. The Kier molecular flexibility index (Phi) is 3.70. The fourth-order valence-corrected chi connectivity index (χ4v) is 2.41. The lowest BCUT2D eigenvalue weighted by Crippen LogP contribution is -2.14. The first kappa shape index (κ1) is 14.0. The van der Waals surface area contributed by atoms with Crippen LogP contribution < -0.4 is 0 Å². The van der Waals surface area contributed by atoms with Crippen LogP contribution in [0.15, 0.2) is 48.8 Å². The molecule has 110 valence electrons. The zero-order valence-electron chi connectivity index (χ0n) is 12.0. The first-order valence-electron chi connectivity index (χ1n) is 6.84. The van der Waals surface area contributed by atoms with Gasteiger partial charge in [0.25, 0.3) is 0 Å². The van der Waals surface area contributed by atoms with Crippen molar-refractivity contribution in [3.63, 3.8) is 0 Å². The number of aromatic nitrogens is 2. The summed E-state index contributed by atoms with van der Waals surface area (Å²) in [6.07, 6.45) is 3.00. The smallest absolute Gasteiger partial charge is 0.338 e. The third-order valence-corrected chi connectivity index (χ3v) is 3.42. The molecule has 0 unspecified atom stereocenters. The van der Waals surface area contributed by atoms with Crippen LogP contribution in [0.3, 0.4) is 0 Å². The predicted octanol–water partition coefficient (Wildman–Crippen LogP) is 2.91. The molecule has 0 radical (unpaired) electrons. The minimum absolute atomic E-state index is 0.225. The number of pyridine rings is 1. The van der Waals surface area contributed by atoms with Crippen molar-refractivity contribution in [1.29, 1.82) is 0 Å². The van der Waals surface area contributed by atoms with Crippen molar-refractivity contribution in [2.24, 2.45) is 0 Å². The van der Waals surface area contributed by atoms with Crippen LogP contribution in [0.2, 0.25) is 0 Å². The summed E-state index contributed by atoms with van der Waals surface area (Å²) in [6, 6.07) is 10.6. The minimum Gasteiger partial charge on any atom is -0.454 e. The summed E-state index contributed by atoms with van der Waals surface area (Å²) in [6.45, 7) is 1.54. The third kappa shape index (κ3) is 2.61. The van der Waals surface area contributed by atoms with Gasteiger partial charge in [-0.25, -0.2) is 4.79 Å². The summed E-state index contributed by atoms with van der Waals surface area (Å²) in [5.74, 6) is -0.759. The number of ketones is 1. The predicted molar refractivity (Wildman–Crippen MR) is 81.9 cm³/mol. The Bertz CT molecular complexity index is 837. The highest BCUT2D eigenvalue weighted by Crippen LogP contribution is 2.22. The molecule has 0 atom stereocenters.